The van der Waals surface area contributed by atoms with Crippen LogP contribution in [0.25, 0.3) is 11.3 Å². The molecule has 1 saturated heterocycles. The van der Waals surface area contributed by atoms with Gasteiger partial charge in [0.05, 0.1) is 10.7 Å². The number of pyridine rings is 2. The van der Waals surface area contributed by atoms with Crippen molar-refractivity contribution in [1.29, 1.82) is 0 Å². The molecule has 1 atom stereocenters. The molecule has 0 aliphatic carbocycles. The maximum atomic E-state index is 13.4. The molecule has 1 unspecified atom stereocenters. The number of benzene rings is 1. The summed E-state index contributed by atoms with van der Waals surface area (Å²) in [4.78, 5) is 13.4. The molecule has 1 fully saturated rings. The van der Waals surface area contributed by atoms with Crippen LogP contribution in [0.1, 0.15) is 18.4 Å². The predicted molar refractivity (Wildman–Crippen MR) is 120 cm³/mol. The molecule has 1 aromatic carbocycles. The number of nitrogens with one attached hydrogen (secondary N) is 2. The van der Waals surface area contributed by atoms with Gasteiger partial charge >= 0.3 is 0 Å². The van der Waals surface area contributed by atoms with E-state index >= 15 is 0 Å². The lowest BCUT2D eigenvalue weighted by molar-refractivity contribution is 0.463. The number of hydrogen-bond donors (Lipinski definition) is 2. The van der Waals surface area contributed by atoms with Gasteiger partial charge in [0.25, 0.3) is 0 Å². The van der Waals surface area contributed by atoms with Gasteiger partial charge in [-0.15, -0.1) is 0 Å². The van der Waals surface area contributed by atoms with E-state index in [-0.39, 0.29) is 0 Å². The van der Waals surface area contributed by atoms with E-state index in [1.807, 2.05) is 24.4 Å². The van der Waals surface area contributed by atoms with Crippen molar-refractivity contribution in [3.05, 3.63) is 70.9 Å². The maximum absolute atomic E-state index is 13.4. The Hall–Kier alpha value is -2.90. The van der Waals surface area contributed by atoms with Crippen molar-refractivity contribution < 1.29 is 8.78 Å². The first kappa shape index (κ1) is 21.3. The van der Waals surface area contributed by atoms with Crippen LogP contribution < -0.4 is 10.6 Å². The summed E-state index contributed by atoms with van der Waals surface area (Å²) in [5, 5.41) is 6.96. The summed E-state index contributed by atoms with van der Waals surface area (Å²) < 4.78 is 26.5. The molecule has 2 N–H and O–H groups in total. The highest BCUT2D eigenvalue weighted by atomic mass is 35.5. The summed E-state index contributed by atoms with van der Waals surface area (Å²) in [5.41, 5.74) is 2.00. The summed E-state index contributed by atoms with van der Waals surface area (Å²) in [6, 6.07) is 11.1. The van der Waals surface area contributed by atoms with Crippen molar-refractivity contribution in [1.82, 2.24) is 15.3 Å². The van der Waals surface area contributed by atoms with Crippen molar-refractivity contribution in [2.75, 3.05) is 18.4 Å². The van der Waals surface area contributed by atoms with Crippen molar-refractivity contribution >= 4 is 29.5 Å². The number of aliphatic imine (C=N–C) groups is 1. The fourth-order valence-corrected chi connectivity index (χ4v) is 3.61. The van der Waals surface area contributed by atoms with Crippen LogP contribution in [0.5, 0.6) is 0 Å². The van der Waals surface area contributed by atoms with E-state index in [4.69, 9.17) is 11.6 Å². The smallest absolute Gasteiger partial charge is 0.159 e. The largest absolute Gasteiger partial charge is 0.366 e. The second-order valence-electron chi connectivity index (χ2n) is 7.42. The van der Waals surface area contributed by atoms with Crippen LogP contribution in [0, 0.1) is 17.6 Å². The quantitative estimate of drug-likeness (QED) is 0.503. The van der Waals surface area contributed by atoms with Gasteiger partial charge in [0.15, 0.2) is 17.5 Å². The van der Waals surface area contributed by atoms with Crippen LogP contribution in [0.4, 0.5) is 20.4 Å². The zero-order valence-electron chi connectivity index (χ0n) is 16.8. The average Bonchev–Trinajstić information content (AvgIpc) is 2.80. The topological polar surface area (TPSA) is 62.2 Å². The molecule has 3 heterocycles. The Labute approximate surface area is 184 Å². The Morgan fingerprint density at radius 1 is 1.19 bits per heavy atom. The lowest BCUT2D eigenvalue weighted by atomic mass is 10.0. The van der Waals surface area contributed by atoms with Crippen molar-refractivity contribution in [3.8, 4) is 11.3 Å². The first-order valence-corrected chi connectivity index (χ1v) is 10.5. The lowest BCUT2D eigenvalue weighted by Crippen LogP contribution is -2.30. The average molecular weight is 442 g/mol. The number of halogens is 3. The third-order valence-electron chi connectivity index (χ3n) is 5.08. The van der Waals surface area contributed by atoms with E-state index in [2.05, 4.69) is 25.6 Å². The van der Waals surface area contributed by atoms with Gasteiger partial charge in [-0.1, -0.05) is 23.7 Å². The summed E-state index contributed by atoms with van der Waals surface area (Å²) in [6.07, 6.45) is 5.78. The lowest BCUT2D eigenvalue weighted by Gasteiger charge is -2.18. The summed E-state index contributed by atoms with van der Waals surface area (Å²) >= 11 is 6.38. The van der Waals surface area contributed by atoms with E-state index in [0.29, 0.717) is 40.4 Å². The van der Waals surface area contributed by atoms with Crippen molar-refractivity contribution in [2.24, 2.45) is 10.9 Å². The number of piperidine rings is 1. The van der Waals surface area contributed by atoms with Crippen LogP contribution in [0.3, 0.4) is 0 Å². The number of aromatic nitrogens is 2. The summed E-state index contributed by atoms with van der Waals surface area (Å²) in [6.45, 7) is 2.29. The molecule has 8 heteroatoms. The van der Waals surface area contributed by atoms with E-state index in [9.17, 15) is 8.78 Å². The van der Waals surface area contributed by atoms with Gasteiger partial charge in [0.2, 0.25) is 0 Å². The Morgan fingerprint density at radius 3 is 2.90 bits per heavy atom. The van der Waals surface area contributed by atoms with Gasteiger partial charge < -0.3 is 10.6 Å². The van der Waals surface area contributed by atoms with Crippen LogP contribution in [-0.2, 0) is 6.54 Å². The fourth-order valence-electron chi connectivity index (χ4n) is 3.41. The number of anilines is 1. The highest BCUT2D eigenvalue weighted by molar-refractivity contribution is 6.33. The molecule has 1 aliphatic heterocycles. The monoisotopic (exact) mass is 441 g/mol. The first-order chi connectivity index (χ1) is 15.1. The highest BCUT2D eigenvalue weighted by Gasteiger charge is 2.12. The van der Waals surface area contributed by atoms with Gasteiger partial charge in [0.1, 0.15) is 5.82 Å². The number of hydrogen-bond acceptors (Lipinski definition) is 5. The van der Waals surface area contributed by atoms with E-state index in [0.717, 1.165) is 43.6 Å². The van der Waals surface area contributed by atoms with Gasteiger partial charge in [-0.2, -0.15) is 0 Å². The van der Waals surface area contributed by atoms with Gasteiger partial charge in [-0.05, 0) is 55.3 Å². The standard InChI is InChI=1S/C23H22ClF2N5/c24-18-14-30-23(29-13-16-3-2-8-27-11-16)10-17(18)21-4-1-5-22(31-21)28-12-15-6-7-19(25)20(26)9-15/h1,4-7,9-10,13-14,16,27H,2-3,8,11-12H2,(H,28,31). The second kappa shape index (κ2) is 9.94. The van der Waals surface area contributed by atoms with Crippen LogP contribution in [0.2, 0.25) is 5.02 Å². The molecule has 5 nitrogen and oxygen atoms in total. The Balaban J connectivity index is 1.49. The highest BCUT2D eigenvalue weighted by Crippen LogP contribution is 2.29. The van der Waals surface area contributed by atoms with Crippen LogP contribution in [0.15, 0.2) is 53.7 Å². The minimum Gasteiger partial charge on any atom is -0.366 e. The Kier molecular flexibility index (Phi) is 6.84. The molecule has 2 aromatic heterocycles. The fraction of sp³-hybridized carbons (Fsp3) is 0.261. The number of nitrogens with zero attached hydrogens (tertiary/aromatic N) is 3. The van der Waals surface area contributed by atoms with Gasteiger partial charge in [0, 0.05) is 37.0 Å². The van der Waals surface area contributed by atoms with E-state index in [1.165, 1.54) is 6.07 Å². The molecule has 0 bridgehead atoms. The molecule has 0 amide bonds. The third-order valence-corrected chi connectivity index (χ3v) is 5.38. The second-order valence-corrected chi connectivity index (χ2v) is 7.82. The predicted octanol–water partition coefficient (Wildman–Crippen LogP) is 5.39. The zero-order valence-corrected chi connectivity index (χ0v) is 17.5. The maximum Gasteiger partial charge on any atom is 0.159 e. The normalized spacial score (nSPS) is 16.5. The van der Waals surface area contributed by atoms with Gasteiger partial charge in [-0.25, -0.2) is 23.7 Å². The van der Waals surface area contributed by atoms with Crippen molar-refractivity contribution in [3.63, 3.8) is 0 Å². The molecule has 0 radical (unpaired) electrons. The zero-order chi connectivity index (χ0) is 21.6. The molecule has 4 rings (SSSR count). The molecule has 0 saturated carbocycles. The Morgan fingerprint density at radius 2 is 2.10 bits per heavy atom. The first-order valence-electron chi connectivity index (χ1n) is 10.1. The van der Waals surface area contributed by atoms with E-state index < -0.39 is 11.6 Å². The third kappa shape index (κ3) is 5.62. The molecule has 0 spiro atoms. The molecular weight excluding hydrogens is 420 g/mol. The summed E-state index contributed by atoms with van der Waals surface area (Å²) in [7, 11) is 0. The van der Waals surface area contributed by atoms with Crippen LogP contribution in [-0.4, -0.2) is 29.3 Å². The van der Waals surface area contributed by atoms with Crippen LogP contribution >= 0.6 is 11.6 Å². The molecule has 31 heavy (non-hydrogen) atoms. The molecule has 160 valence electrons. The molecular formula is C23H22ClF2N5. The SMILES string of the molecule is Fc1ccc(CNc2cccc(-c3cc(N=CC4CCCNC4)ncc3Cl)n2)cc1F. The minimum absolute atomic E-state index is 0.308. The van der Waals surface area contributed by atoms with Crippen molar-refractivity contribution in [2.45, 2.75) is 19.4 Å². The number of rotatable bonds is 6. The minimum atomic E-state index is -0.873. The Bertz CT molecular complexity index is 1080. The molecule has 3 aromatic rings. The summed E-state index contributed by atoms with van der Waals surface area (Å²) in [5.74, 6) is -0.173. The van der Waals surface area contributed by atoms with Gasteiger partial charge in [-0.3, -0.25) is 0 Å². The van der Waals surface area contributed by atoms with E-state index in [1.54, 1.807) is 12.3 Å². The molecule has 1 aliphatic rings.